The van der Waals surface area contributed by atoms with Gasteiger partial charge in [-0.2, -0.15) is 0 Å². The maximum Gasteiger partial charge on any atom is 0.326 e. The molecule has 0 heterocycles. The van der Waals surface area contributed by atoms with Crippen molar-refractivity contribution in [1.82, 2.24) is 5.32 Å². The summed E-state index contributed by atoms with van der Waals surface area (Å²) >= 11 is 0. The van der Waals surface area contributed by atoms with Gasteiger partial charge in [0.15, 0.2) is 11.5 Å². The van der Waals surface area contributed by atoms with E-state index in [2.05, 4.69) is 5.32 Å². The number of benzene rings is 4. The van der Waals surface area contributed by atoms with Crippen LogP contribution in [0, 0.1) is 0 Å². The van der Waals surface area contributed by atoms with Gasteiger partial charge in [-0.3, -0.25) is 4.79 Å². The number of rotatable bonds is 12. The fraction of sp³-hybridized carbons (Fsp3) is 0.188. The number of hydrogen-bond acceptors (Lipinski definition) is 4. The molecule has 0 aliphatic rings. The first-order valence-electron chi connectivity index (χ1n) is 12.5. The number of methoxy groups -OCH3 is 1. The van der Waals surface area contributed by atoms with Crippen LogP contribution in [0.3, 0.4) is 0 Å². The number of ether oxygens (including phenoxy) is 2. The minimum atomic E-state index is -1.17. The maximum atomic E-state index is 13.6. The standard InChI is InChI=1S/C32H31NO5/c1-37-28-19-11-18-26(30(28)38-21-20-23-12-5-2-6-13-23)22-27(32(35)36)33-31(34)29(24-14-7-3-8-15-24)25-16-9-4-10-17-25/h2-19,27,29H,20-22H2,1H3,(H,33,34)(H,35,36)/t27-/m1/s1. The van der Waals surface area contributed by atoms with Crippen LogP contribution in [0.5, 0.6) is 11.5 Å². The molecular formula is C32H31NO5. The first-order valence-corrected chi connectivity index (χ1v) is 12.5. The Kier molecular flexibility index (Phi) is 9.13. The molecular weight excluding hydrogens is 478 g/mol. The van der Waals surface area contributed by atoms with E-state index in [1.165, 1.54) is 0 Å². The summed E-state index contributed by atoms with van der Waals surface area (Å²) in [7, 11) is 1.55. The number of aliphatic carboxylic acids is 1. The maximum absolute atomic E-state index is 13.6. The number of amides is 1. The van der Waals surface area contributed by atoms with E-state index in [1.54, 1.807) is 25.3 Å². The van der Waals surface area contributed by atoms with Crippen LogP contribution in [0.1, 0.15) is 28.2 Å². The fourth-order valence-electron chi connectivity index (χ4n) is 4.42. The molecule has 4 aromatic carbocycles. The van der Waals surface area contributed by atoms with E-state index in [0.29, 0.717) is 30.1 Å². The monoisotopic (exact) mass is 509 g/mol. The highest BCUT2D eigenvalue weighted by molar-refractivity contribution is 5.90. The van der Waals surface area contributed by atoms with Crippen LogP contribution in [0.4, 0.5) is 0 Å². The van der Waals surface area contributed by atoms with Crippen LogP contribution in [0.25, 0.3) is 0 Å². The third-order valence-electron chi connectivity index (χ3n) is 6.33. The number of carboxylic acids is 1. The molecule has 6 nitrogen and oxygen atoms in total. The Morgan fingerprint density at radius 2 is 1.37 bits per heavy atom. The number of nitrogens with one attached hydrogen (secondary N) is 1. The van der Waals surface area contributed by atoms with Gasteiger partial charge < -0.3 is 19.9 Å². The molecule has 38 heavy (non-hydrogen) atoms. The molecule has 6 heteroatoms. The minimum absolute atomic E-state index is 0.0369. The highest BCUT2D eigenvalue weighted by atomic mass is 16.5. The SMILES string of the molecule is COc1cccc(C[C@@H](NC(=O)C(c2ccccc2)c2ccccc2)C(=O)O)c1OCCc1ccccc1. The zero-order valence-corrected chi connectivity index (χ0v) is 21.2. The summed E-state index contributed by atoms with van der Waals surface area (Å²) in [6.07, 6.45) is 0.725. The van der Waals surface area contributed by atoms with E-state index in [0.717, 1.165) is 16.7 Å². The smallest absolute Gasteiger partial charge is 0.326 e. The van der Waals surface area contributed by atoms with Gasteiger partial charge in [0.1, 0.15) is 6.04 Å². The van der Waals surface area contributed by atoms with Gasteiger partial charge in [-0.1, -0.05) is 103 Å². The summed E-state index contributed by atoms with van der Waals surface area (Å²) in [6.45, 7) is 0.394. The van der Waals surface area contributed by atoms with Crippen molar-refractivity contribution < 1.29 is 24.2 Å². The quantitative estimate of drug-likeness (QED) is 0.272. The Morgan fingerprint density at radius 1 is 0.789 bits per heavy atom. The molecule has 0 radical (unpaired) electrons. The first-order chi connectivity index (χ1) is 18.6. The van der Waals surface area contributed by atoms with Crippen LogP contribution < -0.4 is 14.8 Å². The van der Waals surface area contributed by atoms with Crippen LogP contribution >= 0.6 is 0 Å². The molecule has 0 aliphatic heterocycles. The Hall–Kier alpha value is -4.58. The minimum Gasteiger partial charge on any atom is -0.493 e. The summed E-state index contributed by atoms with van der Waals surface area (Å²) in [4.78, 5) is 25.9. The predicted octanol–water partition coefficient (Wildman–Crippen LogP) is 5.26. The molecule has 0 saturated heterocycles. The first kappa shape index (κ1) is 26.5. The van der Waals surface area contributed by atoms with Crippen molar-refractivity contribution in [3.8, 4) is 11.5 Å². The summed E-state index contributed by atoms with van der Waals surface area (Å²) in [5.74, 6) is -1.17. The zero-order chi connectivity index (χ0) is 26.7. The molecule has 0 saturated carbocycles. The molecule has 1 amide bonds. The molecule has 2 N–H and O–H groups in total. The summed E-state index contributed by atoms with van der Waals surface area (Å²) in [5, 5.41) is 12.8. The number of para-hydroxylation sites is 1. The third kappa shape index (κ3) is 6.79. The summed E-state index contributed by atoms with van der Waals surface area (Å²) < 4.78 is 11.6. The fourth-order valence-corrected chi connectivity index (χ4v) is 4.42. The molecule has 0 aliphatic carbocycles. The third-order valence-corrected chi connectivity index (χ3v) is 6.33. The van der Waals surface area contributed by atoms with E-state index in [1.807, 2.05) is 91.0 Å². The number of hydrogen-bond donors (Lipinski definition) is 2. The summed E-state index contributed by atoms with van der Waals surface area (Å²) in [6, 6.07) is 32.8. The van der Waals surface area contributed by atoms with Crippen molar-refractivity contribution >= 4 is 11.9 Å². The Labute approximate surface area is 222 Å². The number of carboxylic acid groups (broad SMARTS) is 1. The highest BCUT2D eigenvalue weighted by Gasteiger charge is 2.29. The van der Waals surface area contributed by atoms with Gasteiger partial charge in [0.2, 0.25) is 5.91 Å². The Morgan fingerprint density at radius 3 is 1.92 bits per heavy atom. The van der Waals surface area contributed by atoms with Gasteiger partial charge in [-0.25, -0.2) is 4.79 Å². The van der Waals surface area contributed by atoms with Gasteiger partial charge in [0, 0.05) is 18.4 Å². The zero-order valence-electron chi connectivity index (χ0n) is 21.2. The molecule has 194 valence electrons. The van der Waals surface area contributed by atoms with Gasteiger partial charge in [0.25, 0.3) is 0 Å². The predicted molar refractivity (Wildman–Crippen MR) is 147 cm³/mol. The van der Waals surface area contributed by atoms with Crippen LogP contribution in [0.15, 0.2) is 109 Å². The van der Waals surface area contributed by atoms with Gasteiger partial charge in [-0.05, 0) is 22.8 Å². The molecule has 1 atom stereocenters. The topological polar surface area (TPSA) is 84.9 Å². The molecule has 0 aromatic heterocycles. The van der Waals surface area contributed by atoms with E-state index in [4.69, 9.17) is 9.47 Å². The second kappa shape index (κ2) is 13.1. The molecule has 0 spiro atoms. The van der Waals surface area contributed by atoms with E-state index >= 15 is 0 Å². The Balaban J connectivity index is 1.55. The second-order valence-electron chi connectivity index (χ2n) is 8.89. The van der Waals surface area contributed by atoms with Gasteiger partial charge in [-0.15, -0.1) is 0 Å². The van der Waals surface area contributed by atoms with Crippen molar-refractivity contribution in [2.75, 3.05) is 13.7 Å². The molecule has 4 aromatic rings. The summed E-state index contributed by atoms with van der Waals surface area (Å²) in [5.41, 5.74) is 3.34. The van der Waals surface area contributed by atoms with Crippen LogP contribution in [-0.2, 0) is 22.4 Å². The van der Waals surface area contributed by atoms with E-state index < -0.39 is 17.9 Å². The lowest BCUT2D eigenvalue weighted by Crippen LogP contribution is -2.44. The lowest BCUT2D eigenvalue weighted by Gasteiger charge is -2.22. The van der Waals surface area contributed by atoms with E-state index in [-0.39, 0.29) is 12.3 Å². The van der Waals surface area contributed by atoms with Crippen molar-refractivity contribution in [2.24, 2.45) is 0 Å². The largest absolute Gasteiger partial charge is 0.493 e. The average molecular weight is 510 g/mol. The van der Waals surface area contributed by atoms with Gasteiger partial charge >= 0.3 is 5.97 Å². The number of carbonyl (C=O) groups is 2. The Bertz CT molecular complexity index is 1290. The van der Waals surface area contributed by atoms with Gasteiger partial charge in [0.05, 0.1) is 19.6 Å². The van der Waals surface area contributed by atoms with Crippen LogP contribution in [-0.4, -0.2) is 36.7 Å². The molecule has 0 fully saturated rings. The molecule has 0 bridgehead atoms. The van der Waals surface area contributed by atoms with Crippen molar-refractivity contribution in [1.29, 1.82) is 0 Å². The molecule has 4 rings (SSSR count). The van der Waals surface area contributed by atoms with Crippen molar-refractivity contribution in [3.05, 3.63) is 131 Å². The van der Waals surface area contributed by atoms with Crippen LogP contribution in [0.2, 0.25) is 0 Å². The van der Waals surface area contributed by atoms with Crippen molar-refractivity contribution in [2.45, 2.75) is 24.8 Å². The van der Waals surface area contributed by atoms with Crippen molar-refractivity contribution in [3.63, 3.8) is 0 Å². The van der Waals surface area contributed by atoms with E-state index in [9.17, 15) is 14.7 Å². The lowest BCUT2D eigenvalue weighted by atomic mass is 9.90. The molecule has 0 unspecified atom stereocenters. The lowest BCUT2D eigenvalue weighted by molar-refractivity contribution is -0.141. The number of carbonyl (C=O) groups excluding carboxylic acids is 1. The second-order valence-corrected chi connectivity index (χ2v) is 8.89. The average Bonchev–Trinajstić information content (AvgIpc) is 2.95. The normalized spacial score (nSPS) is 11.5. The highest BCUT2D eigenvalue weighted by Crippen LogP contribution is 2.32.